The van der Waals surface area contributed by atoms with Crippen LogP contribution in [0.1, 0.15) is 26.7 Å². The standard InChI is InChI=1S/C14H20N2O2/c1-10(2)9-18-12-6-4-3-5-11(12)16-13(17)14(15)7-8-14/h3-6,10H,7-9,15H2,1-2H3,(H,16,17). The summed E-state index contributed by atoms with van der Waals surface area (Å²) in [6.07, 6.45) is 1.52. The van der Waals surface area contributed by atoms with Gasteiger partial charge in [-0.25, -0.2) is 0 Å². The van der Waals surface area contributed by atoms with Crippen LogP contribution in [0.4, 0.5) is 5.69 Å². The van der Waals surface area contributed by atoms with Gasteiger partial charge in [-0.3, -0.25) is 4.79 Å². The molecule has 1 saturated carbocycles. The number of nitrogens with two attached hydrogens (primary N) is 1. The van der Waals surface area contributed by atoms with Crippen molar-refractivity contribution in [1.29, 1.82) is 0 Å². The predicted octanol–water partition coefficient (Wildman–Crippen LogP) is 2.15. The lowest BCUT2D eigenvalue weighted by molar-refractivity contribution is -0.118. The third-order valence-electron chi connectivity index (χ3n) is 2.95. The summed E-state index contributed by atoms with van der Waals surface area (Å²) in [5.41, 5.74) is 5.89. The summed E-state index contributed by atoms with van der Waals surface area (Å²) < 4.78 is 5.68. The maximum atomic E-state index is 11.9. The predicted molar refractivity (Wildman–Crippen MR) is 71.6 cm³/mol. The minimum Gasteiger partial charge on any atom is -0.491 e. The molecule has 0 aromatic heterocycles. The molecule has 0 heterocycles. The molecule has 1 aliphatic rings. The van der Waals surface area contributed by atoms with E-state index < -0.39 is 5.54 Å². The molecule has 1 aliphatic carbocycles. The summed E-state index contributed by atoms with van der Waals surface area (Å²) >= 11 is 0. The van der Waals surface area contributed by atoms with Gasteiger partial charge in [0.15, 0.2) is 0 Å². The van der Waals surface area contributed by atoms with Crippen LogP contribution < -0.4 is 15.8 Å². The van der Waals surface area contributed by atoms with Crippen LogP contribution in [0.15, 0.2) is 24.3 Å². The molecular formula is C14H20N2O2. The fourth-order valence-electron chi connectivity index (χ4n) is 1.56. The Hall–Kier alpha value is -1.55. The van der Waals surface area contributed by atoms with Crippen molar-refractivity contribution < 1.29 is 9.53 Å². The molecule has 3 N–H and O–H groups in total. The summed E-state index contributed by atoms with van der Waals surface area (Å²) in [7, 11) is 0. The van der Waals surface area contributed by atoms with Crippen LogP contribution in [-0.2, 0) is 4.79 Å². The number of anilines is 1. The largest absolute Gasteiger partial charge is 0.491 e. The Bertz CT molecular complexity index is 439. The van der Waals surface area contributed by atoms with Crippen molar-refractivity contribution in [2.24, 2.45) is 11.7 Å². The number of hydrogen-bond acceptors (Lipinski definition) is 3. The number of rotatable bonds is 5. The van der Waals surface area contributed by atoms with E-state index in [-0.39, 0.29) is 5.91 Å². The Morgan fingerprint density at radius 1 is 1.44 bits per heavy atom. The first kappa shape index (κ1) is 12.9. The minimum absolute atomic E-state index is 0.122. The molecule has 1 amide bonds. The van der Waals surface area contributed by atoms with Crippen molar-refractivity contribution in [3.63, 3.8) is 0 Å². The Morgan fingerprint density at radius 2 is 2.11 bits per heavy atom. The third kappa shape index (κ3) is 3.01. The average Bonchev–Trinajstić information content (AvgIpc) is 3.07. The zero-order valence-corrected chi connectivity index (χ0v) is 10.9. The van der Waals surface area contributed by atoms with Gasteiger partial charge in [0, 0.05) is 0 Å². The monoisotopic (exact) mass is 248 g/mol. The Morgan fingerprint density at radius 3 is 2.72 bits per heavy atom. The minimum atomic E-state index is -0.662. The molecule has 0 saturated heterocycles. The zero-order valence-electron chi connectivity index (χ0n) is 10.9. The van der Waals surface area contributed by atoms with Gasteiger partial charge in [0.05, 0.1) is 17.8 Å². The van der Waals surface area contributed by atoms with Gasteiger partial charge in [0.1, 0.15) is 5.75 Å². The molecule has 0 atom stereocenters. The van der Waals surface area contributed by atoms with E-state index in [1.807, 2.05) is 24.3 Å². The highest BCUT2D eigenvalue weighted by Gasteiger charge is 2.46. The Labute approximate surface area is 108 Å². The van der Waals surface area contributed by atoms with E-state index in [1.54, 1.807) is 0 Å². The number of carbonyl (C=O) groups excluding carboxylic acids is 1. The molecular weight excluding hydrogens is 228 g/mol. The smallest absolute Gasteiger partial charge is 0.244 e. The van der Waals surface area contributed by atoms with Gasteiger partial charge < -0.3 is 15.8 Å². The molecule has 1 aromatic rings. The number of benzene rings is 1. The van der Waals surface area contributed by atoms with Crippen LogP contribution >= 0.6 is 0 Å². The fourth-order valence-corrected chi connectivity index (χ4v) is 1.56. The summed E-state index contributed by atoms with van der Waals surface area (Å²) in [6.45, 7) is 4.79. The van der Waals surface area contributed by atoms with E-state index in [0.717, 1.165) is 12.8 Å². The summed E-state index contributed by atoms with van der Waals surface area (Å²) in [6, 6.07) is 7.45. The van der Waals surface area contributed by atoms with Crippen molar-refractivity contribution >= 4 is 11.6 Å². The average molecular weight is 248 g/mol. The molecule has 1 fully saturated rings. The molecule has 18 heavy (non-hydrogen) atoms. The Balaban J connectivity index is 2.05. The summed E-state index contributed by atoms with van der Waals surface area (Å²) in [5, 5.41) is 2.85. The van der Waals surface area contributed by atoms with Gasteiger partial charge in [-0.1, -0.05) is 26.0 Å². The van der Waals surface area contributed by atoms with E-state index >= 15 is 0 Å². The second-order valence-electron chi connectivity index (χ2n) is 5.31. The number of para-hydroxylation sites is 2. The lowest BCUT2D eigenvalue weighted by atomic mass is 10.2. The van der Waals surface area contributed by atoms with E-state index in [2.05, 4.69) is 19.2 Å². The number of amides is 1. The van der Waals surface area contributed by atoms with Crippen molar-refractivity contribution in [3.8, 4) is 5.75 Å². The molecule has 1 aromatic carbocycles. The molecule has 0 spiro atoms. The van der Waals surface area contributed by atoms with Crippen LogP contribution in [0.5, 0.6) is 5.75 Å². The van der Waals surface area contributed by atoms with E-state index in [4.69, 9.17) is 10.5 Å². The summed E-state index contributed by atoms with van der Waals surface area (Å²) in [5.74, 6) is 1.02. The third-order valence-corrected chi connectivity index (χ3v) is 2.95. The van der Waals surface area contributed by atoms with Crippen LogP contribution in [0.25, 0.3) is 0 Å². The van der Waals surface area contributed by atoms with Crippen molar-refractivity contribution in [3.05, 3.63) is 24.3 Å². The Kier molecular flexibility index (Phi) is 3.57. The molecule has 0 radical (unpaired) electrons. The van der Waals surface area contributed by atoms with Gasteiger partial charge in [-0.2, -0.15) is 0 Å². The quantitative estimate of drug-likeness (QED) is 0.839. The highest BCUT2D eigenvalue weighted by molar-refractivity contribution is 6.00. The highest BCUT2D eigenvalue weighted by Crippen LogP contribution is 2.34. The fraction of sp³-hybridized carbons (Fsp3) is 0.500. The van der Waals surface area contributed by atoms with Gasteiger partial charge in [0.2, 0.25) is 5.91 Å². The van der Waals surface area contributed by atoms with Gasteiger partial charge in [-0.15, -0.1) is 0 Å². The molecule has 0 unspecified atom stereocenters. The van der Waals surface area contributed by atoms with Crippen LogP contribution in [0.2, 0.25) is 0 Å². The van der Waals surface area contributed by atoms with Gasteiger partial charge in [-0.05, 0) is 30.9 Å². The maximum absolute atomic E-state index is 11.9. The van der Waals surface area contributed by atoms with Crippen molar-refractivity contribution in [2.75, 3.05) is 11.9 Å². The molecule has 0 bridgehead atoms. The van der Waals surface area contributed by atoms with E-state index in [1.165, 1.54) is 0 Å². The van der Waals surface area contributed by atoms with Crippen LogP contribution in [0, 0.1) is 5.92 Å². The summed E-state index contributed by atoms with van der Waals surface area (Å²) in [4.78, 5) is 11.9. The van der Waals surface area contributed by atoms with Crippen LogP contribution in [-0.4, -0.2) is 18.1 Å². The van der Waals surface area contributed by atoms with Crippen molar-refractivity contribution in [2.45, 2.75) is 32.2 Å². The second-order valence-corrected chi connectivity index (χ2v) is 5.31. The number of hydrogen-bond donors (Lipinski definition) is 2. The first-order chi connectivity index (χ1) is 8.51. The SMILES string of the molecule is CC(C)COc1ccccc1NC(=O)C1(N)CC1. The molecule has 2 rings (SSSR count). The normalized spacial score (nSPS) is 16.4. The number of carbonyl (C=O) groups is 1. The van der Waals surface area contributed by atoms with Gasteiger partial charge in [0.25, 0.3) is 0 Å². The van der Waals surface area contributed by atoms with Crippen molar-refractivity contribution in [1.82, 2.24) is 0 Å². The molecule has 4 nitrogen and oxygen atoms in total. The lowest BCUT2D eigenvalue weighted by Gasteiger charge is -2.15. The molecule has 0 aliphatic heterocycles. The number of nitrogens with one attached hydrogen (secondary N) is 1. The highest BCUT2D eigenvalue weighted by atomic mass is 16.5. The molecule has 98 valence electrons. The molecule has 4 heteroatoms. The van der Waals surface area contributed by atoms with Gasteiger partial charge >= 0.3 is 0 Å². The first-order valence-corrected chi connectivity index (χ1v) is 6.33. The topological polar surface area (TPSA) is 64.3 Å². The maximum Gasteiger partial charge on any atom is 0.244 e. The van der Waals surface area contributed by atoms with E-state index in [0.29, 0.717) is 24.0 Å². The lowest BCUT2D eigenvalue weighted by Crippen LogP contribution is -2.37. The second kappa shape index (κ2) is 4.98. The van der Waals surface area contributed by atoms with E-state index in [9.17, 15) is 4.79 Å². The number of ether oxygens (including phenoxy) is 1. The van der Waals surface area contributed by atoms with Crippen LogP contribution in [0.3, 0.4) is 0 Å². The zero-order chi connectivity index (χ0) is 13.2. The first-order valence-electron chi connectivity index (χ1n) is 6.33.